The molecule has 0 saturated heterocycles. The van der Waals surface area contributed by atoms with Gasteiger partial charge in [-0.2, -0.15) is 0 Å². The van der Waals surface area contributed by atoms with Gasteiger partial charge in [-0.25, -0.2) is 9.97 Å². The Bertz CT molecular complexity index is 632. The number of halogens is 1. The van der Waals surface area contributed by atoms with Crippen LogP contribution in [0.3, 0.4) is 0 Å². The minimum atomic E-state index is -0.593. The molecule has 6 heteroatoms. The number of para-hydroxylation sites is 2. The van der Waals surface area contributed by atoms with Crippen LogP contribution in [0.15, 0.2) is 24.3 Å². The van der Waals surface area contributed by atoms with Gasteiger partial charge in [-0.3, -0.25) is 4.79 Å². The van der Waals surface area contributed by atoms with Gasteiger partial charge in [-0.15, -0.1) is 0 Å². The van der Waals surface area contributed by atoms with E-state index >= 15 is 0 Å². The van der Waals surface area contributed by atoms with Crippen molar-refractivity contribution in [3.05, 3.63) is 29.4 Å². The number of hydrogen-bond acceptors (Lipinski definition) is 4. The Morgan fingerprint density at radius 1 is 1.35 bits per heavy atom. The molecule has 20 heavy (non-hydrogen) atoms. The molecule has 106 valence electrons. The van der Waals surface area contributed by atoms with E-state index in [9.17, 15) is 4.79 Å². The van der Waals surface area contributed by atoms with E-state index in [0.717, 1.165) is 6.42 Å². The second-order valence-corrected chi connectivity index (χ2v) is 5.11. The summed E-state index contributed by atoms with van der Waals surface area (Å²) in [4.78, 5) is 20.5. The number of carbonyl (C=O) groups excluding carboxylic acids is 1. The van der Waals surface area contributed by atoms with Gasteiger partial charge < -0.3 is 11.1 Å². The Kier molecular flexibility index (Phi) is 4.52. The molecule has 2 unspecified atom stereocenters. The van der Waals surface area contributed by atoms with E-state index in [1.54, 1.807) is 0 Å². The summed E-state index contributed by atoms with van der Waals surface area (Å²) in [7, 11) is 0. The van der Waals surface area contributed by atoms with Gasteiger partial charge in [-0.1, -0.05) is 44.0 Å². The summed E-state index contributed by atoms with van der Waals surface area (Å²) >= 11 is 6.04. The van der Waals surface area contributed by atoms with Gasteiger partial charge in [0.25, 0.3) is 0 Å². The van der Waals surface area contributed by atoms with Crippen LogP contribution in [0, 0.1) is 5.92 Å². The smallest absolute Gasteiger partial charge is 0.242 e. The first kappa shape index (κ1) is 14.7. The largest absolute Gasteiger partial charge is 0.320 e. The number of nitrogens with zero attached hydrogens (tertiary/aromatic N) is 2. The first-order valence-electron chi connectivity index (χ1n) is 6.51. The Morgan fingerprint density at radius 2 is 1.95 bits per heavy atom. The van der Waals surface area contributed by atoms with Gasteiger partial charge in [0.1, 0.15) is 0 Å². The average molecular weight is 293 g/mol. The monoisotopic (exact) mass is 292 g/mol. The number of nitrogens with one attached hydrogen (secondary N) is 1. The lowest BCUT2D eigenvalue weighted by Gasteiger charge is -2.17. The average Bonchev–Trinajstić information content (AvgIpc) is 2.46. The molecular weight excluding hydrogens is 276 g/mol. The normalized spacial score (nSPS) is 14.0. The molecule has 0 saturated carbocycles. The molecule has 0 radical (unpaired) electrons. The van der Waals surface area contributed by atoms with Gasteiger partial charge >= 0.3 is 0 Å². The van der Waals surface area contributed by atoms with Crippen LogP contribution in [0.25, 0.3) is 11.0 Å². The summed E-state index contributed by atoms with van der Waals surface area (Å²) in [5.74, 6) is 0.0298. The molecule has 0 aliphatic rings. The Labute approximate surface area is 122 Å². The first-order chi connectivity index (χ1) is 9.52. The van der Waals surface area contributed by atoms with Gasteiger partial charge in [0.05, 0.1) is 17.1 Å². The van der Waals surface area contributed by atoms with Crippen molar-refractivity contribution in [2.75, 3.05) is 5.32 Å². The summed E-state index contributed by atoms with van der Waals surface area (Å²) in [6, 6.07) is 6.73. The van der Waals surface area contributed by atoms with Crippen LogP contribution >= 0.6 is 11.6 Å². The van der Waals surface area contributed by atoms with E-state index in [4.69, 9.17) is 17.3 Å². The summed E-state index contributed by atoms with van der Waals surface area (Å²) in [6.45, 7) is 3.92. The number of nitrogens with two attached hydrogens (primary N) is 1. The van der Waals surface area contributed by atoms with Gasteiger partial charge in [-0.05, 0) is 18.1 Å². The van der Waals surface area contributed by atoms with Gasteiger partial charge in [0.2, 0.25) is 5.91 Å². The standard InChI is InChI=1S/C14H17ClN4O/c1-3-8(2)11(16)14(20)19-13-12(15)17-9-6-4-5-7-10(9)18-13/h4-8,11H,3,16H2,1-2H3,(H,18,19,20). The van der Waals surface area contributed by atoms with E-state index in [1.807, 2.05) is 38.1 Å². The molecule has 2 atom stereocenters. The maximum absolute atomic E-state index is 12.0. The third-order valence-electron chi connectivity index (χ3n) is 3.33. The van der Waals surface area contributed by atoms with Crippen molar-refractivity contribution >= 4 is 34.4 Å². The van der Waals surface area contributed by atoms with Crippen LogP contribution in [0.5, 0.6) is 0 Å². The zero-order chi connectivity index (χ0) is 14.7. The maximum Gasteiger partial charge on any atom is 0.242 e. The highest BCUT2D eigenvalue weighted by Gasteiger charge is 2.21. The number of carbonyl (C=O) groups is 1. The third-order valence-corrected chi connectivity index (χ3v) is 3.59. The molecule has 0 bridgehead atoms. The molecular formula is C14H17ClN4O. The van der Waals surface area contributed by atoms with E-state index in [1.165, 1.54) is 0 Å². The van der Waals surface area contributed by atoms with Gasteiger partial charge in [0.15, 0.2) is 11.0 Å². The van der Waals surface area contributed by atoms with Gasteiger partial charge in [0, 0.05) is 0 Å². The number of rotatable bonds is 4. The van der Waals surface area contributed by atoms with E-state index in [2.05, 4.69) is 15.3 Å². The van der Waals surface area contributed by atoms with Crippen molar-refractivity contribution < 1.29 is 4.79 Å². The molecule has 3 N–H and O–H groups in total. The van der Waals surface area contributed by atoms with Crippen molar-refractivity contribution in [2.24, 2.45) is 11.7 Å². The highest BCUT2D eigenvalue weighted by atomic mass is 35.5. The predicted molar refractivity (Wildman–Crippen MR) is 80.6 cm³/mol. The number of amides is 1. The summed E-state index contributed by atoms with van der Waals surface area (Å²) in [6.07, 6.45) is 0.825. The molecule has 1 heterocycles. The zero-order valence-corrected chi connectivity index (χ0v) is 12.2. The van der Waals surface area contributed by atoms with Crippen molar-refractivity contribution in [1.29, 1.82) is 0 Å². The topological polar surface area (TPSA) is 80.9 Å². The summed E-state index contributed by atoms with van der Waals surface area (Å²) in [5, 5.41) is 2.81. The number of aromatic nitrogens is 2. The Morgan fingerprint density at radius 3 is 2.55 bits per heavy atom. The van der Waals surface area contributed by atoms with Crippen LogP contribution in [0.2, 0.25) is 5.15 Å². The molecule has 5 nitrogen and oxygen atoms in total. The highest BCUT2D eigenvalue weighted by Crippen LogP contribution is 2.21. The molecule has 0 aliphatic carbocycles. The first-order valence-corrected chi connectivity index (χ1v) is 6.89. The maximum atomic E-state index is 12.0. The fraction of sp³-hybridized carbons (Fsp3) is 0.357. The Hall–Kier alpha value is -1.72. The number of anilines is 1. The van der Waals surface area contributed by atoms with Crippen LogP contribution in [-0.2, 0) is 4.79 Å². The minimum Gasteiger partial charge on any atom is -0.320 e. The predicted octanol–water partition coefficient (Wildman–Crippen LogP) is 2.60. The molecule has 1 aromatic carbocycles. The molecule has 1 aromatic heterocycles. The molecule has 0 fully saturated rings. The number of benzene rings is 1. The zero-order valence-electron chi connectivity index (χ0n) is 11.4. The number of hydrogen-bond donors (Lipinski definition) is 2. The number of fused-ring (bicyclic) bond motifs is 1. The van der Waals surface area contributed by atoms with Crippen LogP contribution < -0.4 is 11.1 Å². The van der Waals surface area contributed by atoms with Crippen LogP contribution in [0.1, 0.15) is 20.3 Å². The van der Waals surface area contributed by atoms with Crippen molar-refractivity contribution in [1.82, 2.24) is 9.97 Å². The van der Waals surface area contributed by atoms with Crippen molar-refractivity contribution in [3.63, 3.8) is 0 Å². The fourth-order valence-corrected chi connectivity index (χ4v) is 1.95. The molecule has 2 rings (SSSR count). The summed E-state index contributed by atoms with van der Waals surface area (Å²) < 4.78 is 0. The minimum absolute atomic E-state index is 0.0854. The summed E-state index contributed by atoms with van der Waals surface area (Å²) in [5.41, 5.74) is 7.23. The van der Waals surface area contributed by atoms with Crippen molar-refractivity contribution in [3.8, 4) is 0 Å². The Balaban J connectivity index is 2.25. The molecule has 2 aromatic rings. The van der Waals surface area contributed by atoms with E-state index in [0.29, 0.717) is 11.0 Å². The van der Waals surface area contributed by atoms with E-state index < -0.39 is 6.04 Å². The fourth-order valence-electron chi connectivity index (χ4n) is 1.77. The highest BCUT2D eigenvalue weighted by molar-refractivity contribution is 6.32. The molecule has 0 aliphatic heterocycles. The third kappa shape index (κ3) is 3.05. The quantitative estimate of drug-likeness (QED) is 0.907. The molecule has 1 amide bonds. The lowest BCUT2D eigenvalue weighted by atomic mass is 9.99. The lowest BCUT2D eigenvalue weighted by Crippen LogP contribution is -2.40. The lowest BCUT2D eigenvalue weighted by molar-refractivity contribution is -0.118. The van der Waals surface area contributed by atoms with E-state index in [-0.39, 0.29) is 22.8 Å². The molecule has 0 spiro atoms. The van der Waals surface area contributed by atoms with Crippen molar-refractivity contribution in [2.45, 2.75) is 26.3 Å². The van der Waals surface area contributed by atoms with Crippen LogP contribution in [0.4, 0.5) is 5.82 Å². The SMILES string of the molecule is CCC(C)C(N)C(=O)Nc1nc2ccccc2nc1Cl. The second-order valence-electron chi connectivity index (χ2n) is 4.75. The second kappa shape index (κ2) is 6.15. The van der Waals surface area contributed by atoms with Crippen LogP contribution in [-0.4, -0.2) is 21.9 Å².